The van der Waals surface area contributed by atoms with Crippen LogP contribution in [0.1, 0.15) is 21.1 Å². The first kappa shape index (κ1) is 18.5. The van der Waals surface area contributed by atoms with Gasteiger partial charge in [0.1, 0.15) is 21.7 Å². The van der Waals surface area contributed by atoms with Crippen LogP contribution in [0.4, 0.5) is 16.6 Å². The minimum atomic E-state index is -0.379. The number of amides is 1. The molecule has 26 heavy (non-hydrogen) atoms. The predicted octanol–water partition coefficient (Wildman–Crippen LogP) is 4.04. The SMILES string of the molecule is Cc1nc(Cl)cc(Nc2ncc(C(=O)Nc3c(Cl)cccc3CO)s2)n1. The number of aromatic nitrogens is 3. The maximum absolute atomic E-state index is 12.5. The van der Waals surface area contributed by atoms with Gasteiger partial charge in [0.2, 0.25) is 0 Å². The van der Waals surface area contributed by atoms with Crippen molar-refractivity contribution in [2.45, 2.75) is 13.5 Å². The number of aryl methyl sites for hydroxylation is 1. The highest BCUT2D eigenvalue weighted by atomic mass is 35.5. The highest BCUT2D eigenvalue weighted by Crippen LogP contribution is 2.28. The van der Waals surface area contributed by atoms with Gasteiger partial charge in [0.05, 0.1) is 23.5 Å². The van der Waals surface area contributed by atoms with Crippen LogP contribution in [0, 0.1) is 6.92 Å². The van der Waals surface area contributed by atoms with Crippen LogP contribution >= 0.6 is 34.5 Å². The molecule has 0 aliphatic heterocycles. The van der Waals surface area contributed by atoms with Crippen molar-refractivity contribution in [3.8, 4) is 0 Å². The molecule has 1 amide bonds. The molecule has 2 aromatic heterocycles. The molecule has 0 unspecified atom stereocenters. The highest BCUT2D eigenvalue weighted by molar-refractivity contribution is 7.17. The molecule has 10 heteroatoms. The van der Waals surface area contributed by atoms with Crippen LogP contribution in [0.25, 0.3) is 0 Å². The lowest BCUT2D eigenvalue weighted by Crippen LogP contribution is -2.12. The van der Waals surface area contributed by atoms with E-state index in [2.05, 4.69) is 25.6 Å². The fourth-order valence-corrected chi connectivity index (χ4v) is 3.34. The van der Waals surface area contributed by atoms with Gasteiger partial charge in [-0.1, -0.05) is 46.7 Å². The van der Waals surface area contributed by atoms with Crippen molar-refractivity contribution in [2.24, 2.45) is 0 Å². The smallest absolute Gasteiger partial charge is 0.267 e. The number of nitrogens with zero attached hydrogens (tertiary/aromatic N) is 3. The Morgan fingerprint density at radius 3 is 2.85 bits per heavy atom. The number of halogens is 2. The van der Waals surface area contributed by atoms with E-state index < -0.39 is 0 Å². The minimum Gasteiger partial charge on any atom is -0.392 e. The van der Waals surface area contributed by atoms with Crippen molar-refractivity contribution in [3.63, 3.8) is 0 Å². The molecule has 3 N–H and O–H groups in total. The van der Waals surface area contributed by atoms with Gasteiger partial charge in [-0.25, -0.2) is 15.0 Å². The summed E-state index contributed by atoms with van der Waals surface area (Å²) in [7, 11) is 0. The second-order valence-corrected chi connectivity index (χ2v) is 6.99. The summed E-state index contributed by atoms with van der Waals surface area (Å²) < 4.78 is 0. The van der Waals surface area contributed by atoms with Crippen LogP contribution in [-0.4, -0.2) is 26.0 Å². The fraction of sp³-hybridized carbons (Fsp3) is 0.125. The lowest BCUT2D eigenvalue weighted by molar-refractivity contribution is 0.103. The first-order valence-corrected chi connectivity index (χ1v) is 8.97. The van der Waals surface area contributed by atoms with Crippen LogP contribution in [0.15, 0.2) is 30.5 Å². The van der Waals surface area contributed by atoms with E-state index in [9.17, 15) is 9.90 Å². The number of nitrogens with one attached hydrogen (secondary N) is 2. The van der Waals surface area contributed by atoms with E-state index in [-0.39, 0.29) is 12.5 Å². The molecular formula is C16H13Cl2N5O2S. The number of carbonyl (C=O) groups is 1. The summed E-state index contributed by atoms with van der Waals surface area (Å²) in [6, 6.07) is 6.58. The summed E-state index contributed by atoms with van der Waals surface area (Å²) in [6.45, 7) is 1.49. The van der Waals surface area contributed by atoms with Crippen LogP contribution in [0.2, 0.25) is 10.2 Å². The molecule has 0 saturated carbocycles. The fourth-order valence-electron chi connectivity index (χ4n) is 2.16. The van der Waals surface area contributed by atoms with Gasteiger partial charge in [-0.2, -0.15) is 0 Å². The van der Waals surface area contributed by atoms with Gasteiger partial charge < -0.3 is 15.7 Å². The quantitative estimate of drug-likeness (QED) is 0.549. The molecule has 0 atom stereocenters. The van der Waals surface area contributed by atoms with E-state index in [4.69, 9.17) is 23.2 Å². The number of rotatable bonds is 5. The number of carbonyl (C=O) groups excluding carboxylic acids is 1. The molecule has 0 fully saturated rings. The minimum absolute atomic E-state index is 0.237. The third kappa shape index (κ3) is 4.28. The molecule has 0 saturated heterocycles. The largest absolute Gasteiger partial charge is 0.392 e. The molecule has 2 heterocycles. The zero-order valence-electron chi connectivity index (χ0n) is 13.5. The lowest BCUT2D eigenvalue weighted by Gasteiger charge is -2.10. The summed E-state index contributed by atoms with van der Waals surface area (Å²) in [5.41, 5.74) is 0.905. The van der Waals surface area contributed by atoms with Crippen LogP contribution in [0.3, 0.4) is 0 Å². The van der Waals surface area contributed by atoms with E-state index in [0.29, 0.717) is 43.1 Å². The molecule has 134 valence electrons. The Kier molecular flexibility index (Phi) is 5.67. The third-order valence-electron chi connectivity index (χ3n) is 3.28. The van der Waals surface area contributed by atoms with Gasteiger partial charge in [0, 0.05) is 11.6 Å². The second-order valence-electron chi connectivity index (χ2n) is 5.16. The molecule has 3 aromatic rings. The summed E-state index contributed by atoms with van der Waals surface area (Å²) in [5.74, 6) is 0.623. The predicted molar refractivity (Wildman–Crippen MR) is 103 cm³/mol. The first-order chi connectivity index (χ1) is 12.5. The van der Waals surface area contributed by atoms with Crippen LogP contribution < -0.4 is 10.6 Å². The first-order valence-electron chi connectivity index (χ1n) is 7.40. The Balaban J connectivity index is 1.76. The zero-order chi connectivity index (χ0) is 18.7. The lowest BCUT2D eigenvalue weighted by atomic mass is 10.2. The van der Waals surface area contributed by atoms with E-state index >= 15 is 0 Å². The average molecular weight is 410 g/mol. The Morgan fingerprint density at radius 2 is 2.12 bits per heavy atom. The zero-order valence-corrected chi connectivity index (χ0v) is 15.8. The summed E-state index contributed by atoms with van der Waals surface area (Å²) in [6.07, 6.45) is 1.44. The van der Waals surface area contributed by atoms with Gasteiger partial charge in [-0.15, -0.1) is 0 Å². The van der Waals surface area contributed by atoms with Gasteiger partial charge in [0.15, 0.2) is 5.13 Å². The highest BCUT2D eigenvalue weighted by Gasteiger charge is 2.15. The van der Waals surface area contributed by atoms with Crippen LogP contribution in [0.5, 0.6) is 0 Å². The molecule has 7 nitrogen and oxygen atoms in total. The van der Waals surface area contributed by atoms with Gasteiger partial charge in [-0.3, -0.25) is 4.79 Å². The number of benzene rings is 1. The maximum atomic E-state index is 12.5. The number of aliphatic hydroxyl groups is 1. The molecule has 0 radical (unpaired) electrons. The number of hydrogen-bond acceptors (Lipinski definition) is 7. The van der Waals surface area contributed by atoms with Gasteiger partial charge in [0.25, 0.3) is 5.91 Å². The topological polar surface area (TPSA) is 100 Å². The van der Waals surface area contributed by atoms with Crippen molar-refractivity contribution >= 4 is 57.1 Å². The summed E-state index contributed by atoms with van der Waals surface area (Å²) in [5, 5.41) is 16.2. The Bertz CT molecular complexity index is 943. The Morgan fingerprint density at radius 1 is 1.31 bits per heavy atom. The van der Waals surface area contributed by atoms with E-state index in [0.717, 1.165) is 11.3 Å². The molecule has 1 aromatic carbocycles. The van der Waals surface area contributed by atoms with Crippen molar-refractivity contribution in [1.29, 1.82) is 0 Å². The summed E-state index contributed by atoms with van der Waals surface area (Å²) >= 11 is 13.1. The molecule has 0 spiro atoms. The second kappa shape index (κ2) is 7.96. The normalized spacial score (nSPS) is 10.6. The van der Waals surface area contributed by atoms with Gasteiger partial charge in [-0.05, 0) is 13.0 Å². The molecule has 0 aliphatic rings. The Labute approximate surface area is 163 Å². The van der Waals surface area contributed by atoms with Crippen molar-refractivity contribution in [3.05, 3.63) is 56.9 Å². The molecular weight excluding hydrogens is 397 g/mol. The van der Waals surface area contributed by atoms with Crippen molar-refractivity contribution in [1.82, 2.24) is 15.0 Å². The number of para-hydroxylation sites is 1. The van der Waals surface area contributed by atoms with Crippen LogP contribution in [-0.2, 0) is 6.61 Å². The number of hydrogen-bond donors (Lipinski definition) is 3. The average Bonchev–Trinajstić information content (AvgIpc) is 3.04. The summed E-state index contributed by atoms with van der Waals surface area (Å²) in [4.78, 5) is 25.2. The molecule has 0 bridgehead atoms. The van der Waals surface area contributed by atoms with Gasteiger partial charge >= 0.3 is 0 Å². The number of anilines is 3. The monoisotopic (exact) mass is 409 g/mol. The van der Waals surface area contributed by atoms with E-state index in [1.807, 2.05) is 0 Å². The Hall–Kier alpha value is -2.26. The third-order valence-corrected chi connectivity index (χ3v) is 4.70. The van der Waals surface area contributed by atoms with Crippen molar-refractivity contribution in [2.75, 3.05) is 10.6 Å². The van der Waals surface area contributed by atoms with E-state index in [1.54, 1.807) is 31.2 Å². The number of aliphatic hydroxyl groups excluding tert-OH is 1. The van der Waals surface area contributed by atoms with E-state index in [1.165, 1.54) is 6.20 Å². The molecule has 0 aliphatic carbocycles. The number of thiazole rings is 1. The maximum Gasteiger partial charge on any atom is 0.267 e. The molecule has 3 rings (SSSR count). The van der Waals surface area contributed by atoms with Crippen molar-refractivity contribution < 1.29 is 9.90 Å². The standard InChI is InChI=1S/C16H13Cl2N5O2S/c1-8-20-12(18)5-13(21-8)22-16-19-6-11(26-16)15(25)23-14-9(7-24)3-2-4-10(14)17/h2-6,24H,7H2,1H3,(H,23,25)(H,19,20,21,22).